The van der Waals surface area contributed by atoms with E-state index in [-0.39, 0.29) is 18.2 Å². The Morgan fingerprint density at radius 3 is 2.41 bits per heavy atom. The summed E-state index contributed by atoms with van der Waals surface area (Å²) in [7, 11) is 0. The molecule has 0 saturated carbocycles. The van der Waals surface area contributed by atoms with Gasteiger partial charge in [0.25, 0.3) is 0 Å². The van der Waals surface area contributed by atoms with Crippen molar-refractivity contribution in [2.24, 2.45) is 0 Å². The maximum absolute atomic E-state index is 13.2. The number of hydrogen-bond donors (Lipinski definition) is 1. The van der Waals surface area contributed by atoms with Crippen LogP contribution in [0.3, 0.4) is 0 Å². The van der Waals surface area contributed by atoms with Crippen molar-refractivity contribution in [3.05, 3.63) is 70.2 Å². The first kappa shape index (κ1) is 23.0. The summed E-state index contributed by atoms with van der Waals surface area (Å²) < 4.78 is 0. The van der Waals surface area contributed by atoms with Crippen LogP contribution in [0.1, 0.15) is 49.8 Å². The van der Waals surface area contributed by atoms with Crippen LogP contribution in [0.2, 0.25) is 5.02 Å². The third-order valence-electron chi connectivity index (χ3n) is 4.92. The van der Waals surface area contributed by atoms with Crippen LogP contribution in [0, 0.1) is 6.92 Å². The lowest BCUT2D eigenvalue weighted by atomic mass is 10.1. The first-order valence-electron chi connectivity index (χ1n) is 10.3. The molecule has 0 aliphatic heterocycles. The maximum Gasteiger partial charge on any atom is 0.242 e. The van der Waals surface area contributed by atoms with Gasteiger partial charge < -0.3 is 10.2 Å². The minimum absolute atomic E-state index is 0.0527. The van der Waals surface area contributed by atoms with Crippen molar-refractivity contribution in [3.63, 3.8) is 0 Å². The molecule has 2 rings (SSSR count). The van der Waals surface area contributed by atoms with Gasteiger partial charge in [0.1, 0.15) is 6.04 Å². The lowest BCUT2D eigenvalue weighted by Gasteiger charge is -2.31. The number of carbonyl (C=O) groups excluding carboxylic acids is 2. The summed E-state index contributed by atoms with van der Waals surface area (Å²) in [5.41, 5.74) is 3.02. The van der Waals surface area contributed by atoms with Gasteiger partial charge in [-0.3, -0.25) is 9.59 Å². The number of rotatable bonds is 10. The second kappa shape index (κ2) is 11.6. The van der Waals surface area contributed by atoms with Gasteiger partial charge in [-0.25, -0.2) is 0 Å². The molecule has 0 aliphatic rings. The largest absolute Gasteiger partial charge is 0.354 e. The Hall–Kier alpha value is -2.33. The van der Waals surface area contributed by atoms with Gasteiger partial charge in [0.05, 0.1) is 6.42 Å². The molecule has 0 heterocycles. The van der Waals surface area contributed by atoms with Crippen molar-refractivity contribution in [3.8, 4) is 0 Å². The fourth-order valence-electron chi connectivity index (χ4n) is 3.31. The summed E-state index contributed by atoms with van der Waals surface area (Å²) >= 11 is 6.00. The highest BCUT2D eigenvalue weighted by Gasteiger charge is 2.28. The highest BCUT2D eigenvalue weighted by Crippen LogP contribution is 2.17. The van der Waals surface area contributed by atoms with E-state index in [2.05, 4.69) is 12.2 Å². The van der Waals surface area contributed by atoms with Crippen LogP contribution in [-0.4, -0.2) is 29.3 Å². The summed E-state index contributed by atoms with van der Waals surface area (Å²) in [5.74, 6) is -0.143. The Labute approximate surface area is 179 Å². The van der Waals surface area contributed by atoms with Crippen LogP contribution >= 0.6 is 11.6 Å². The fourth-order valence-corrected chi connectivity index (χ4v) is 3.44. The summed E-state index contributed by atoms with van der Waals surface area (Å²) in [6, 6.07) is 14.8. The van der Waals surface area contributed by atoms with E-state index in [0.717, 1.165) is 29.5 Å². The number of halogens is 1. The molecular weight excluding hydrogens is 384 g/mol. The SMILES string of the molecule is CCCCNC(=O)C(CC)N(Cc1ccc(Cl)cc1)C(=O)Cc1cccc(C)c1. The van der Waals surface area contributed by atoms with Crippen molar-refractivity contribution in [1.82, 2.24) is 10.2 Å². The molecule has 0 aliphatic carbocycles. The minimum atomic E-state index is -0.500. The van der Waals surface area contributed by atoms with E-state index in [1.54, 1.807) is 4.90 Å². The van der Waals surface area contributed by atoms with Crippen LogP contribution in [0.25, 0.3) is 0 Å². The van der Waals surface area contributed by atoms with E-state index in [9.17, 15) is 9.59 Å². The lowest BCUT2D eigenvalue weighted by Crippen LogP contribution is -2.49. The smallest absolute Gasteiger partial charge is 0.242 e. The Morgan fingerprint density at radius 2 is 1.79 bits per heavy atom. The Kier molecular flexibility index (Phi) is 9.20. The summed E-state index contributed by atoms with van der Waals surface area (Å²) in [6.07, 6.45) is 2.77. The quantitative estimate of drug-likeness (QED) is 0.561. The van der Waals surface area contributed by atoms with E-state index >= 15 is 0 Å². The number of unbranched alkanes of at least 4 members (excludes halogenated alkanes) is 1. The van der Waals surface area contributed by atoms with Crippen molar-refractivity contribution in [2.75, 3.05) is 6.54 Å². The minimum Gasteiger partial charge on any atom is -0.354 e. The molecule has 2 aromatic rings. The highest BCUT2D eigenvalue weighted by atomic mass is 35.5. The summed E-state index contributed by atoms with van der Waals surface area (Å²) in [5, 5.41) is 3.63. The van der Waals surface area contributed by atoms with Crippen LogP contribution in [0.4, 0.5) is 0 Å². The molecule has 0 fully saturated rings. The van der Waals surface area contributed by atoms with Crippen LogP contribution < -0.4 is 5.32 Å². The van der Waals surface area contributed by atoms with Gasteiger partial charge in [-0.05, 0) is 43.0 Å². The molecule has 0 radical (unpaired) electrons. The molecule has 0 aromatic heterocycles. The average Bonchev–Trinajstić information content (AvgIpc) is 2.69. The van der Waals surface area contributed by atoms with Crippen LogP contribution in [-0.2, 0) is 22.6 Å². The zero-order valence-electron chi connectivity index (χ0n) is 17.6. The topological polar surface area (TPSA) is 49.4 Å². The van der Waals surface area contributed by atoms with Crippen molar-refractivity contribution in [1.29, 1.82) is 0 Å². The molecular formula is C24H31ClN2O2. The number of benzene rings is 2. The number of aryl methyl sites for hydroxylation is 1. The Bertz CT molecular complexity index is 805. The second-order valence-corrected chi connectivity index (χ2v) is 7.82. The fraction of sp³-hybridized carbons (Fsp3) is 0.417. The number of nitrogens with zero attached hydrogens (tertiary/aromatic N) is 1. The third-order valence-corrected chi connectivity index (χ3v) is 5.17. The van der Waals surface area contributed by atoms with Crippen LogP contribution in [0.15, 0.2) is 48.5 Å². The van der Waals surface area contributed by atoms with Gasteiger partial charge in [-0.15, -0.1) is 0 Å². The van der Waals surface area contributed by atoms with Gasteiger partial charge >= 0.3 is 0 Å². The number of hydrogen-bond acceptors (Lipinski definition) is 2. The van der Waals surface area contributed by atoms with Gasteiger partial charge in [0, 0.05) is 18.1 Å². The molecule has 156 valence electrons. The van der Waals surface area contributed by atoms with E-state index in [1.807, 2.05) is 62.4 Å². The zero-order chi connectivity index (χ0) is 21.2. The average molecular weight is 415 g/mol. The molecule has 0 spiro atoms. The number of amides is 2. The van der Waals surface area contributed by atoms with Crippen LogP contribution in [0.5, 0.6) is 0 Å². The molecule has 0 saturated heterocycles. The molecule has 1 unspecified atom stereocenters. The molecule has 1 N–H and O–H groups in total. The monoisotopic (exact) mass is 414 g/mol. The van der Waals surface area contributed by atoms with E-state index < -0.39 is 6.04 Å². The van der Waals surface area contributed by atoms with Crippen molar-refractivity contribution < 1.29 is 9.59 Å². The Balaban J connectivity index is 2.23. The van der Waals surface area contributed by atoms with Gasteiger partial charge in [-0.2, -0.15) is 0 Å². The molecule has 1 atom stereocenters. The van der Waals surface area contributed by atoms with E-state index in [0.29, 0.717) is 24.5 Å². The molecule has 0 bridgehead atoms. The third kappa shape index (κ3) is 7.21. The molecule has 29 heavy (non-hydrogen) atoms. The van der Waals surface area contributed by atoms with E-state index in [4.69, 9.17) is 11.6 Å². The summed E-state index contributed by atoms with van der Waals surface area (Å²) in [6.45, 7) is 7.05. The van der Waals surface area contributed by atoms with Crippen molar-refractivity contribution >= 4 is 23.4 Å². The predicted molar refractivity (Wildman–Crippen MR) is 119 cm³/mol. The molecule has 2 aromatic carbocycles. The number of carbonyl (C=O) groups is 2. The van der Waals surface area contributed by atoms with E-state index in [1.165, 1.54) is 0 Å². The first-order chi connectivity index (χ1) is 13.9. The first-order valence-corrected chi connectivity index (χ1v) is 10.7. The molecule has 2 amide bonds. The van der Waals surface area contributed by atoms with Gasteiger partial charge in [0.15, 0.2) is 0 Å². The van der Waals surface area contributed by atoms with Crippen molar-refractivity contribution in [2.45, 2.75) is 59.0 Å². The zero-order valence-corrected chi connectivity index (χ0v) is 18.3. The standard InChI is InChI=1S/C24H31ClN2O2/c1-4-6-14-26-24(29)22(5-2)27(17-19-10-12-21(25)13-11-19)23(28)16-20-9-7-8-18(3)15-20/h7-13,15,22H,4-6,14,16-17H2,1-3H3,(H,26,29). The summed E-state index contributed by atoms with van der Waals surface area (Å²) in [4.78, 5) is 27.8. The maximum atomic E-state index is 13.2. The van der Waals surface area contributed by atoms with Gasteiger partial charge in [0.2, 0.25) is 11.8 Å². The highest BCUT2D eigenvalue weighted by molar-refractivity contribution is 6.30. The predicted octanol–water partition coefficient (Wildman–Crippen LogP) is 4.91. The lowest BCUT2D eigenvalue weighted by molar-refractivity contribution is -0.140. The Morgan fingerprint density at radius 1 is 1.07 bits per heavy atom. The normalized spacial score (nSPS) is 11.7. The van der Waals surface area contributed by atoms with Gasteiger partial charge in [-0.1, -0.05) is 73.8 Å². The number of nitrogens with one attached hydrogen (secondary N) is 1. The second-order valence-electron chi connectivity index (χ2n) is 7.38. The molecule has 5 heteroatoms. The molecule has 4 nitrogen and oxygen atoms in total.